The molecule has 0 aliphatic heterocycles. The SMILES string of the molecule is Cc1ccc(C(=O)N(CCCN)C(c2nc3c(oc4cc(Cl)ccc43)c(=O)n2Cc2ccccc2)C(C)C)cc1. The number of aromatic nitrogens is 2. The van der Waals surface area contributed by atoms with Gasteiger partial charge < -0.3 is 15.1 Å². The number of hydrogen-bond donors (Lipinski definition) is 1. The van der Waals surface area contributed by atoms with Gasteiger partial charge in [-0.3, -0.25) is 14.2 Å². The molecule has 40 heavy (non-hydrogen) atoms. The second-order valence-electron chi connectivity index (χ2n) is 10.5. The van der Waals surface area contributed by atoms with Crippen LogP contribution in [-0.2, 0) is 6.54 Å². The predicted molar refractivity (Wildman–Crippen MR) is 160 cm³/mol. The molecule has 206 valence electrons. The number of furan rings is 1. The summed E-state index contributed by atoms with van der Waals surface area (Å²) in [5, 5.41) is 1.21. The van der Waals surface area contributed by atoms with E-state index in [1.54, 1.807) is 16.7 Å². The van der Waals surface area contributed by atoms with E-state index in [-0.39, 0.29) is 29.5 Å². The Morgan fingerprint density at radius 3 is 2.48 bits per heavy atom. The fraction of sp³-hybridized carbons (Fsp3) is 0.281. The zero-order valence-corrected chi connectivity index (χ0v) is 23.7. The topological polar surface area (TPSA) is 94.4 Å². The fourth-order valence-electron chi connectivity index (χ4n) is 5.15. The van der Waals surface area contributed by atoms with Gasteiger partial charge in [0.15, 0.2) is 0 Å². The van der Waals surface area contributed by atoms with Crippen LogP contribution >= 0.6 is 11.6 Å². The van der Waals surface area contributed by atoms with Gasteiger partial charge in [0.2, 0.25) is 5.58 Å². The summed E-state index contributed by atoms with van der Waals surface area (Å²) in [4.78, 5) is 35.1. The molecule has 1 amide bonds. The van der Waals surface area contributed by atoms with Crippen LogP contribution in [0.3, 0.4) is 0 Å². The monoisotopic (exact) mass is 556 g/mol. The summed E-state index contributed by atoms with van der Waals surface area (Å²) in [6.07, 6.45) is 0.610. The third-order valence-electron chi connectivity index (χ3n) is 7.15. The van der Waals surface area contributed by atoms with E-state index in [1.807, 2.05) is 86.3 Å². The number of amides is 1. The number of nitrogens with two attached hydrogens (primary N) is 1. The quantitative estimate of drug-likeness (QED) is 0.228. The van der Waals surface area contributed by atoms with Crippen LogP contribution in [0.5, 0.6) is 0 Å². The van der Waals surface area contributed by atoms with E-state index >= 15 is 0 Å². The molecule has 0 radical (unpaired) electrons. The second kappa shape index (κ2) is 11.7. The number of aryl methyl sites for hydroxylation is 1. The highest BCUT2D eigenvalue weighted by Gasteiger charge is 2.33. The van der Waals surface area contributed by atoms with Gasteiger partial charge in [-0.1, -0.05) is 73.5 Å². The summed E-state index contributed by atoms with van der Waals surface area (Å²) < 4.78 is 7.66. The Kier molecular flexibility index (Phi) is 8.05. The molecule has 0 aliphatic carbocycles. The van der Waals surface area contributed by atoms with E-state index in [4.69, 9.17) is 26.7 Å². The standard InChI is InChI=1S/C32H33ClN4O3/c1-20(2)28(36(17-7-16-34)31(38)23-12-10-21(3)11-13-23)30-35-27-25-15-14-24(33)18-26(25)40-29(27)32(39)37(30)19-22-8-5-4-6-9-22/h4-6,8-15,18,20,28H,7,16-17,19,34H2,1-3H3. The van der Waals surface area contributed by atoms with Crippen molar-refractivity contribution in [1.82, 2.24) is 14.5 Å². The smallest absolute Gasteiger partial charge is 0.297 e. The summed E-state index contributed by atoms with van der Waals surface area (Å²) in [5.74, 6) is 0.314. The average molecular weight is 557 g/mol. The van der Waals surface area contributed by atoms with Crippen molar-refractivity contribution in [3.63, 3.8) is 0 Å². The van der Waals surface area contributed by atoms with E-state index in [2.05, 4.69) is 0 Å². The first kappa shape index (κ1) is 27.6. The minimum Gasteiger partial charge on any atom is -0.448 e. The Hall–Kier alpha value is -3.94. The van der Waals surface area contributed by atoms with Crippen molar-refractivity contribution in [1.29, 1.82) is 0 Å². The molecule has 2 N–H and O–H groups in total. The lowest BCUT2D eigenvalue weighted by molar-refractivity contribution is 0.0602. The van der Waals surface area contributed by atoms with Crippen molar-refractivity contribution in [2.45, 2.75) is 39.8 Å². The van der Waals surface area contributed by atoms with Crippen LogP contribution in [0, 0.1) is 12.8 Å². The van der Waals surface area contributed by atoms with Crippen molar-refractivity contribution in [2.24, 2.45) is 11.7 Å². The lowest BCUT2D eigenvalue weighted by Gasteiger charge is -2.35. The molecule has 0 bridgehead atoms. The van der Waals surface area contributed by atoms with E-state index in [1.165, 1.54) is 0 Å². The van der Waals surface area contributed by atoms with Crippen LogP contribution in [0.1, 0.15) is 53.6 Å². The molecule has 1 unspecified atom stereocenters. The van der Waals surface area contributed by atoms with E-state index in [0.717, 1.165) is 11.1 Å². The Bertz CT molecular complexity index is 1710. The van der Waals surface area contributed by atoms with Crippen LogP contribution < -0.4 is 11.3 Å². The van der Waals surface area contributed by atoms with E-state index in [0.29, 0.717) is 52.4 Å². The fourth-order valence-corrected chi connectivity index (χ4v) is 5.31. The molecule has 5 aromatic rings. The zero-order valence-electron chi connectivity index (χ0n) is 22.9. The minimum absolute atomic E-state index is 0.0637. The molecule has 2 heterocycles. The highest BCUT2D eigenvalue weighted by Crippen LogP contribution is 2.33. The third-order valence-corrected chi connectivity index (χ3v) is 7.38. The van der Waals surface area contributed by atoms with Gasteiger partial charge in [0.05, 0.1) is 12.6 Å². The maximum atomic E-state index is 14.1. The van der Waals surface area contributed by atoms with Gasteiger partial charge in [0.1, 0.15) is 16.9 Å². The van der Waals surface area contributed by atoms with Gasteiger partial charge in [-0.05, 0) is 55.6 Å². The Labute approximate surface area is 238 Å². The molecule has 0 saturated carbocycles. The summed E-state index contributed by atoms with van der Waals surface area (Å²) in [6, 6.07) is 22.0. The van der Waals surface area contributed by atoms with E-state index in [9.17, 15) is 9.59 Å². The number of carbonyl (C=O) groups excluding carboxylic acids is 1. The first-order valence-corrected chi connectivity index (χ1v) is 13.9. The van der Waals surface area contributed by atoms with Crippen molar-refractivity contribution < 1.29 is 9.21 Å². The number of hydrogen-bond acceptors (Lipinski definition) is 5. The number of carbonyl (C=O) groups is 1. The largest absolute Gasteiger partial charge is 0.448 e. The maximum absolute atomic E-state index is 14.1. The number of rotatable bonds is 9. The van der Waals surface area contributed by atoms with E-state index < -0.39 is 6.04 Å². The third kappa shape index (κ3) is 5.40. The number of fused-ring (bicyclic) bond motifs is 3. The second-order valence-corrected chi connectivity index (χ2v) is 10.9. The molecule has 7 nitrogen and oxygen atoms in total. The first-order valence-electron chi connectivity index (χ1n) is 13.5. The average Bonchev–Trinajstić information content (AvgIpc) is 3.30. The molecular weight excluding hydrogens is 524 g/mol. The summed E-state index contributed by atoms with van der Waals surface area (Å²) in [6.45, 7) is 7.20. The highest BCUT2D eigenvalue weighted by atomic mass is 35.5. The molecule has 8 heteroatoms. The Morgan fingerprint density at radius 2 is 1.80 bits per heavy atom. The molecule has 0 saturated heterocycles. The maximum Gasteiger partial charge on any atom is 0.297 e. The molecule has 0 fully saturated rings. The van der Waals surface area contributed by atoms with Gasteiger partial charge in [-0.25, -0.2) is 4.98 Å². The van der Waals surface area contributed by atoms with Crippen molar-refractivity contribution in [3.8, 4) is 0 Å². The molecule has 5 rings (SSSR count). The summed E-state index contributed by atoms with van der Waals surface area (Å²) in [5.41, 5.74) is 9.31. The lowest BCUT2D eigenvalue weighted by Crippen LogP contribution is -2.42. The number of nitrogens with zero attached hydrogens (tertiary/aromatic N) is 3. The zero-order chi connectivity index (χ0) is 28.4. The lowest BCUT2D eigenvalue weighted by atomic mass is 9.98. The predicted octanol–water partition coefficient (Wildman–Crippen LogP) is 6.34. The van der Waals surface area contributed by atoms with Crippen LogP contribution in [0.4, 0.5) is 0 Å². The molecule has 3 aromatic carbocycles. The summed E-state index contributed by atoms with van der Waals surface area (Å²) in [7, 11) is 0. The number of benzene rings is 3. The highest BCUT2D eigenvalue weighted by molar-refractivity contribution is 6.31. The Balaban J connectivity index is 1.75. The van der Waals surface area contributed by atoms with Crippen LogP contribution in [0.15, 0.2) is 82.0 Å². The van der Waals surface area contributed by atoms with Crippen LogP contribution in [0.25, 0.3) is 22.1 Å². The van der Waals surface area contributed by atoms with Crippen LogP contribution in [-0.4, -0.2) is 33.4 Å². The van der Waals surface area contributed by atoms with Crippen LogP contribution in [0.2, 0.25) is 5.02 Å². The molecule has 0 spiro atoms. The van der Waals surface area contributed by atoms with Crippen molar-refractivity contribution in [2.75, 3.05) is 13.1 Å². The first-order chi connectivity index (χ1) is 19.3. The number of halogens is 1. The van der Waals surface area contributed by atoms with Gasteiger partial charge in [-0.15, -0.1) is 0 Å². The molecule has 1 atom stereocenters. The summed E-state index contributed by atoms with van der Waals surface area (Å²) >= 11 is 6.22. The van der Waals surface area contributed by atoms with Crippen molar-refractivity contribution in [3.05, 3.63) is 111 Å². The molecular formula is C32H33ClN4O3. The van der Waals surface area contributed by atoms with Gasteiger partial charge in [-0.2, -0.15) is 0 Å². The molecule has 0 aliphatic rings. The normalized spacial score (nSPS) is 12.3. The van der Waals surface area contributed by atoms with Gasteiger partial charge in [0.25, 0.3) is 11.5 Å². The van der Waals surface area contributed by atoms with Gasteiger partial charge in [0, 0.05) is 28.6 Å². The molecule has 2 aromatic heterocycles. The van der Waals surface area contributed by atoms with Gasteiger partial charge >= 0.3 is 0 Å². The Morgan fingerprint density at radius 1 is 1.07 bits per heavy atom. The minimum atomic E-state index is -0.501. The van der Waals surface area contributed by atoms with Crippen molar-refractivity contribution >= 4 is 39.6 Å².